The van der Waals surface area contributed by atoms with E-state index < -0.39 is 0 Å². The van der Waals surface area contributed by atoms with Gasteiger partial charge in [-0.1, -0.05) is 24.3 Å². The Morgan fingerprint density at radius 1 is 1.83 bits per heavy atom. The lowest BCUT2D eigenvalue weighted by molar-refractivity contribution is 0.344. The Bertz CT molecular complexity index is 242. The molecule has 1 N–H and O–H groups in total. The zero-order chi connectivity index (χ0) is 8.39. The second kappa shape index (κ2) is 3.13. The highest BCUT2D eigenvalue weighted by Crippen LogP contribution is 2.26. The molecule has 1 saturated heterocycles. The van der Waals surface area contributed by atoms with Crippen LogP contribution in [0.25, 0.3) is 5.43 Å². The molecule has 0 bridgehead atoms. The van der Waals surface area contributed by atoms with Gasteiger partial charge in [-0.25, -0.2) is 0 Å². The van der Waals surface area contributed by atoms with Crippen molar-refractivity contribution in [1.82, 2.24) is 10.5 Å². The molecule has 0 spiro atoms. The summed E-state index contributed by atoms with van der Waals surface area (Å²) in [6.07, 6.45) is 9.18. The summed E-state index contributed by atoms with van der Waals surface area (Å²) in [5, 5.41) is 2.02. The maximum Gasteiger partial charge on any atom is 0.0502 e. The van der Waals surface area contributed by atoms with E-state index in [0.29, 0.717) is 6.04 Å². The van der Waals surface area contributed by atoms with E-state index in [-0.39, 0.29) is 0 Å². The maximum atomic E-state index is 4.27. The van der Waals surface area contributed by atoms with Crippen LogP contribution >= 0.6 is 0 Å². The predicted molar refractivity (Wildman–Crippen MR) is 49.0 cm³/mol. The standard InChI is InChI=1S/C9H12N3/c1-2-7-12-9-6-4-3-5-8(9)10-11-12/h2-4,6,8,11H,1,5,7H2/q-1. The van der Waals surface area contributed by atoms with Gasteiger partial charge in [-0.05, 0) is 12.5 Å². The lowest BCUT2D eigenvalue weighted by Gasteiger charge is -2.23. The van der Waals surface area contributed by atoms with Crippen molar-refractivity contribution in [2.45, 2.75) is 12.5 Å². The highest BCUT2D eigenvalue weighted by atomic mass is 15.7. The van der Waals surface area contributed by atoms with Crippen LogP contribution in [0, 0.1) is 0 Å². The van der Waals surface area contributed by atoms with Crippen LogP contribution in [0.3, 0.4) is 0 Å². The normalized spacial score (nSPS) is 26.8. The van der Waals surface area contributed by atoms with Gasteiger partial charge in [0, 0.05) is 5.70 Å². The molecule has 1 aliphatic heterocycles. The second-order valence-electron chi connectivity index (χ2n) is 2.90. The molecule has 1 heterocycles. The van der Waals surface area contributed by atoms with E-state index in [9.17, 15) is 0 Å². The van der Waals surface area contributed by atoms with Crippen molar-refractivity contribution in [2.24, 2.45) is 0 Å². The first kappa shape index (κ1) is 7.58. The molecular weight excluding hydrogens is 150 g/mol. The molecule has 12 heavy (non-hydrogen) atoms. The number of rotatable bonds is 2. The van der Waals surface area contributed by atoms with Crippen molar-refractivity contribution in [1.29, 1.82) is 0 Å². The highest BCUT2D eigenvalue weighted by molar-refractivity contribution is 5.30. The smallest absolute Gasteiger partial charge is 0.0502 e. The molecule has 0 radical (unpaired) electrons. The second-order valence-corrected chi connectivity index (χ2v) is 2.90. The topological polar surface area (TPSA) is 29.4 Å². The van der Waals surface area contributed by atoms with Crippen molar-refractivity contribution < 1.29 is 0 Å². The fourth-order valence-electron chi connectivity index (χ4n) is 1.47. The Hall–Kier alpha value is -1.06. The Morgan fingerprint density at radius 3 is 3.58 bits per heavy atom. The fraction of sp³-hybridized carbons (Fsp3) is 0.333. The van der Waals surface area contributed by atoms with Crippen LogP contribution in [-0.2, 0) is 0 Å². The van der Waals surface area contributed by atoms with Gasteiger partial charge in [0.05, 0.1) is 6.54 Å². The summed E-state index contributed by atoms with van der Waals surface area (Å²) in [4.78, 5) is 0. The molecule has 2 aliphatic rings. The first-order chi connectivity index (χ1) is 5.92. The molecule has 0 aromatic carbocycles. The molecular formula is C9H12N3-. The highest BCUT2D eigenvalue weighted by Gasteiger charge is 2.16. The van der Waals surface area contributed by atoms with Gasteiger partial charge >= 0.3 is 0 Å². The number of hydrazine groups is 1. The number of fused-ring (bicyclic) bond motifs is 1. The molecule has 1 aliphatic carbocycles. The zero-order valence-electron chi connectivity index (χ0n) is 6.90. The van der Waals surface area contributed by atoms with Gasteiger partial charge in [0.2, 0.25) is 0 Å². The molecule has 0 aromatic heterocycles. The summed E-state index contributed by atoms with van der Waals surface area (Å²) in [7, 11) is 0. The summed E-state index contributed by atoms with van der Waals surface area (Å²) in [5.41, 5.74) is 8.49. The minimum Gasteiger partial charge on any atom is -0.570 e. The van der Waals surface area contributed by atoms with Gasteiger partial charge in [0.15, 0.2) is 0 Å². The first-order valence-corrected chi connectivity index (χ1v) is 4.12. The van der Waals surface area contributed by atoms with Crippen LogP contribution < -0.4 is 5.53 Å². The largest absolute Gasteiger partial charge is 0.570 e. The Morgan fingerprint density at radius 2 is 2.75 bits per heavy atom. The molecule has 1 atom stereocenters. The molecule has 0 amide bonds. The van der Waals surface area contributed by atoms with Crippen LogP contribution in [0.5, 0.6) is 0 Å². The van der Waals surface area contributed by atoms with Gasteiger partial charge < -0.3 is 16.0 Å². The third-order valence-electron chi connectivity index (χ3n) is 2.06. The third kappa shape index (κ3) is 1.17. The van der Waals surface area contributed by atoms with E-state index in [4.69, 9.17) is 0 Å². The minimum atomic E-state index is 0.315. The van der Waals surface area contributed by atoms with Crippen molar-refractivity contribution >= 4 is 0 Å². The Balaban J connectivity index is 2.13. The molecule has 2 rings (SSSR count). The van der Waals surface area contributed by atoms with E-state index in [1.54, 1.807) is 0 Å². The SMILES string of the molecule is C=CCN1N[N-]C2CC=CC=C21. The Kier molecular flexibility index (Phi) is 1.98. The van der Waals surface area contributed by atoms with Gasteiger partial charge in [0.25, 0.3) is 0 Å². The monoisotopic (exact) mass is 162 g/mol. The van der Waals surface area contributed by atoms with E-state index in [1.807, 2.05) is 11.1 Å². The molecule has 0 aromatic rings. The van der Waals surface area contributed by atoms with Gasteiger partial charge in [-0.3, -0.25) is 0 Å². The molecule has 0 saturated carbocycles. The summed E-state index contributed by atoms with van der Waals surface area (Å²) in [6, 6.07) is 0.315. The summed E-state index contributed by atoms with van der Waals surface area (Å²) in [5.74, 6) is 0. The summed E-state index contributed by atoms with van der Waals surface area (Å²) in [6.45, 7) is 4.50. The lowest BCUT2D eigenvalue weighted by atomic mass is 10.1. The van der Waals surface area contributed by atoms with Crippen molar-refractivity contribution in [2.75, 3.05) is 6.54 Å². The zero-order valence-corrected chi connectivity index (χ0v) is 6.90. The van der Waals surface area contributed by atoms with E-state index in [1.165, 1.54) is 5.70 Å². The number of nitrogens with one attached hydrogen (secondary N) is 1. The van der Waals surface area contributed by atoms with Crippen LogP contribution in [0.2, 0.25) is 0 Å². The van der Waals surface area contributed by atoms with E-state index in [0.717, 1.165) is 13.0 Å². The van der Waals surface area contributed by atoms with Crippen molar-refractivity contribution in [3.05, 3.63) is 42.0 Å². The van der Waals surface area contributed by atoms with Gasteiger partial charge in [-0.15, -0.1) is 6.58 Å². The van der Waals surface area contributed by atoms with Crippen molar-refractivity contribution in [3.63, 3.8) is 0 Å². The average molecular weight is 162 g/mol. The lowest BCUT2D eigenvalue weighted by Crippen LogP contribution is -2.28. The maximum absolute atomic E-state index is 4.27. The molecule has 64 valence electrons. The van der Waals surface area contributed by atoms with Gasteiger partial charge in [0.1, 0.15) is 0 Å². The summed E-state index contributed by atoms with van der Waals surface area (Å²) < 4.78 is 0. The van der Waals surface area contributed by atoms with Crippen LogP contribution in [0.1, 0.15) is 6.42 Å². The van der Waals surface area contributed by atoms with Crippen LogP contribution in [0.15, 0.2) is 36.6 Å². The molecule has 1 unspecified atom stereocenters. The van der Waals surface area contributed by atoms with Crippen LogP contribution in [0.4, 0.5) is 0 Å². The van der Waals surface area contributed by atoms with Crippen LogP contribution in [-0.4, -0.2) is 17.6 Å². The Labute approximate surface area is 72.4 Å². The number of hydrogen-bond acceptors (Lipinski definition) is 2. The number of allylic oxidation sites excluding steroid dienone is 2. The van der Waals surface area contributed by atoms with E-state index in [2.05, 4.69) is 35.8 Å². The minimum absolute atomic E-state index is 0.315. The van der Waals surface area contributed by atoms with E-state index >= 15 is 0 Å². The molecule has 3 nitrogen and oxygen atoms in total. The first-order valence-electron chi connectivity index (χ1n) is 4.12. The average Bonchev–Trinajstić information content (AvgIpc) is 2.50. The fourth-order valence-corrected chi connectivity index (χ4v) is 1.47. The van der Waals surface area contributed by atoms with Gasteiger partial charge in [-0.2, -0.15) is 0 Å². The number of hydrogen-bond donors (Lipinski definition) is 1. The number of nitrogens with zero attached hydrogens (tertiary/aromatic N) is 2. The molecule has 1 fully saturated rings. The summed E-state index contributed by atoms with van der Waals surface area (Å²) >= 11 is 0. The van der Waals surface area contributed by atoms with Crippen molar-refractivity contribution in [3.8, 4) is 0 Å². The third-order valence-corrected chi connectivity index (χ3v) is 2.06. The predicted octanol–water partition coefficient (Wildman–Crippen LogP) is 1.49. The quantitative estimate of drug-likeness (QED) is 0.623. The molecule has 3 heteroatoms.